The van der Waals surface area contributed by atoms with Gasteiger partial charge in [0.05, 0.1) is 19.3 Å². The molecule has 0 bridgehead atoms. The van der Waals surface area contributed by atoms with Gasteiger partial charge in [-0.1, -0.05) is 5.16 Å². The number of hydrogen-bond donors (Lipinski definition) is 1. The average molecular weight is 351 g/mol. The van der Waals surface area contributed by atoms with Gasteiger partial charge in [-0.3, -0.25) is 4.79 Å². The number of aryl methyl sites for hydroxylation is 1. The molecule has 3 rings (SSSR count). The molecule has 3 heterocycles. The maximum Gasteiger partial charge on any atom is 0.318 e. The smallest absolute Gasteiger partial charge is 0.318 e. The summed E-state index contributed by atoms with van der Waals surface area (Å²) >= 11 is 0. The Morgan fingerprint density at radius 1 is 1.28 bits per heavy atom. The molecule has 1 atom stereocenters. The number of ether oxygens (including phenoxy) is 1. The predicted octanol–water partition coefficient (Wildman–Crippen LogP) is 0.727. The first kappa shape index (κ1) is 17.7. The van der Waals surface area contributed by atoms with E-state index in [1.807, 2.05) is 6.92 Å². The molecular formula is C16H25N5O4. The molecule has 0 radical (unpaired) electrons. The number of carbonyl (C=O) groups is 2. The Hall–Kier alpha value is -2.16. The number of urea groups is 1. The highest BCUT2D eigenvalue weighted by atomic mass is 16.5. The fourth-order valence-corrected chi connectivity index (χ4v) is 3.22. The molecule has 0 saturated carbocycles. The topological polar surface area (TPSA) is 101 Å². The lowest BCUT2D eigenvalue weighted by atomic mass is 10.2. The van der Waals surface area contributed by atoms with Crippen molar-refractivity contribution in [1.82, 2.24) is 25.3 Å². The van der Waals surface area contributed by atoms with E-state index in [0.29, 0.717) is 63.9 Å². The van der Waals surface area contributed by atoms with Crippen LogP contribution in [0.4, 0.5) is 4.79 Å². The zero-order chi connectivity index (χ0) is 17.6. The second-order valence-corrected chi connectivity index (χ2v) is 6.23. The Morgan fingerprint density at radius 3 is 2.84 bits per heavy atom. The van der Waals surface area contributed by atoms with Crippen LogP contribution in [0.2, 0.25) is 0 Å². The minimum Gasteiger partial charge on any atom is -0.378 e. The van der Waals surface area contributed by atoms with Crippen LogP contribution in [0.15, 0.2) is 4.52 Å². The first-order chi connectivity index (χ1) is 12.2. The van der Waals surface area contributed by atoms with Gasteiger partial charge in [-0.05, 0) is 19.8 Å². The Morgan fingerprint density at radius 2 is 2.08 bits per heavy atom. The van der Waals surface area contributed by atoms with Crippen molar-refractivity contribution in [2.45, 2.75) is 38.6 Å². The maximum absolute atomic E-state index is 12.2. The molecule has 2 saturated heterocycles. The molecule has 1 aromatic heterocycles. The first-order valence-electron chi connectivity index (χ1n) is 8.91. The molecular weight excluding hydrogens is 326 g/mol. The third kappa shape index (κ3) is 4.28. The van der Waals surface area contributed by atoms with Crippen LogP contribution >= 0.6 is 0 Å². The second kappa shape index (κ2) is 8.28. The molecule has 9 heteroatoms. The molecule has 1 unspecified atom stereocenters. The van der Waals surface area contributed by atoms with Crippen molar-refractivity contribution in [3.05, 3.63) is 11.7 Å². The summed E-state index contributed by atoms with van der Waals surface area (Å²) in [5.41, 5.74) is 0. The van der Waals surface area contributed by atoms with Gasteiger partial charge >= 0.3 is 6.03 Å². The first-order valence-corrected chi connectivity index (χ1v) is 8.91. The van der Waals surface area contributed by atoms with Gasteiger partial charge in [0.25, 0.3) is 0 Å². The normalized spacial score (nSPS) is 20.8. The minimum absolute atomic E-state index is 0.0767. The molecule has 25 heavy (non-hydrogen) atoms. The summed E-state index contributed by atoms with van der Waals surface area (Å²) in [5, 5.41) is 6.84. The van der Waals surface area contributed by atoms with Crippen molar-refractivity contribution in [3.63, 3.8) is 0 Å². The Kier molecular flexibility index (Phi) is 5.85. The number of rotatable bonds is 5. The van der Waals surface area contributed by atoms with Gasteiger partial charge in [0.2, 0.25) is 11.8 Å². The van der Waals surface area contributed by atoms with Gasteiger partial charge in [-0.2, -0.15) is 4.98 Å². The van der Waals surface area contributed by atoms with E-state index in [0.717, 1.165) is 12.8 Å². The van der Waals surface area contributed by atoms with E-state index in [4.69, 9.17) is 9.26 Å². The summed E-state index contributed by atoms with van der Waals surface area (Å²) in [5.74, 6) is 1.05. The number of nitrogens with one attached hydrogen (secondary N) is 1. The Balaban J connectivity index is 1.54. The molecule has 0 spiro atoms. The van der Waals surface area contributed by atoms with Gasteiger partial charge in [0.1, 0.15) is 0 Å². The Labute approximate surface area is 146 Å². The quantitative estimate of drug-likeness (QED) is 0.839. The van der Waals surface area contributed by atoms with Crippen molar-refractivity contribution >= 4 is 11.9 Å². The number of carbonyl (C=O) groups excluding carboxylic acids is 2. The lowest BCUT2D eigenvalue weighted by Gasteiger charge is -2.26. The van der Waals surface area contributed by atoms with Gasteiger partial charge in [0.15, 0.2) is 5.82 Å². The summed E-state index contributed by atoms with van der Waals surface area (Å²) in [6.07, 6.45) is 2.49. The van der Waals surface area contributed by atoms with Crippen LogP contribution in [-0.4, -0.2) is 71.3 Å². The lowest BCUT2D eigenvalue weighted by molar-refractivity contribution is -0.135. The van der Waals surface area contributed by atoms with E-state index in [1.54, 1.807) is 9.80 Å². The number of likely N-dealkylation sites (tertiary alicyclic amines) is 1. The van der Waals surface area contributed by atoms with E-state index in [9.17, 15) is 9.59 Å². The number of morpholine rings is 1. The SMILES string of the molecule is CCNC(=O)N1CCCC1c1noc(CCC(=O)N2CCOCC2)n1. The number of hydrogen-bond acceptors (Lipinski definition) is 6. The molecule has 2 aliphatic rings. The lowest BCUT2D eigenvalue weighted by Crippen LogP contribution is -2.40. The summed E-state index contributed by atoms with van der Waals surface area (Å²) < 4.78 is 10.5. The highest BCUT2D eigenvalue weighted by Gasteiger charge is 2.33. The number of amides is 3. The number of nitrogens with zero attached hydrogens (tertiary/aromatic N) is 4. The summed E-state index contributed by atoms with van der Waals surface area (Å²) in [4.78, 5) is 32.2. The van der Waals surface area contributed by atoms with Crippen molar-refractivity contribution in [1.29, 1.82) is 0 Å². The van der Waals surface area contributed by atoms with Crippen LogP contribution in [0.5, 0.6) is 0 Å². The van der Waals surface area contributed by atoms with Gasteiger partial charge < -0.3 is 24.4 Å². The summed E-state index contributed by atoms with van der Waals surface area (Å²) in [7, 11) is 0. The van der Waals surface area contributed by atoms with Crippen LogP contribution in [0.1, 0.15) is 43.9 Å². The zero-order valence-corrected chi connectivity index (χ0v) is 14.6. The van der Waals surface area contributed by atoms with E-state index in [2.05, 4.69) is 15.5 Å². The summed E-state index contributed by atoms with van der Waals surface area (Å²) in [6.45, 7) is 5.62. The fourth-order valence-electron chi connectivity index (χ4n) is 3.22. The highest BCUT2D eigenvalue weighted by Crippen LogP contribution is 2.30. The van der Waals surface area contributed by atoms with Crippen LogP contribution in [0.25, 0.3) is 0 Å². The number of aromatic nitrogens is 2. The van der Waals surface area contributed by atoms with Crippen LogP contribution < -0.4 is 5.32 Å². The van der Waals surface area contributed by atoms with Crippen LogP contribution in [0, 0.1) is 0 Å². The molecule has 2 fully saturated rings. The van der Waals surface area contributed by atoms with Gasteiger partial charge in [-0.15, -0.1) is 0 Å². The molecule has 1 aromatic rings. The fraction of sp³-hybridized carbons (Fsp3) is 0.750. The standard InChI is InChI=1S/C16H25N5O4/c1-2-17-16(23)21-7-3-4-12(21)15-18-13(25-19-15)5-6-14(22)20-8-10-24-11-9-20/h12H,2-11H2,1H3,(H,17,23). The molecule has 9 nitrogen and oxygen atoms in total. The third-order valence-electron chi connectivity index (χ3n) is 4.54. The minimum atomic E-state index is -0.154. The second-order valence-electron chi connectivity index (χ2n) is 6.23. The van der Waals surface area contributed by atoms with E-state index in [1.165, 1.54) is 0 Å². The molecule has 138 valence electrons. The van der Waals surface area contributed by atoms with Crippen molar-refractivity contribution in [3.8, 4) is 0 Å². The zero-order valence-electron chi connectivity index (χ0n) is 14.6. The van der Waals surface area contributed by atoms with Crippen molar-refractivity contribution in [2.24, 2.45) is 0 Å². The van der Waals surface area contributed by atoms with E-state index in [-0.39, 0.29) is 18.0 Å². The largest absolute Gasteiger partial charge is 0.378 e. The van der Waals surface area contributed by atoms with E-state index < -0.39 is 0 Å². The molecule has 2 aliphatic heterocycles. The molecule has 0 aliphatic carbocycles. The van der Waals surface area contributed by atoms with Crippen LogP contribution in [-0.2, 0) is 16.0 Å². The molecule has 0 aromatic carbocycles. The Bertz CT molecular complexity index is 599. The molecule has 1 N–H and O–H groups in total. The summed E-state index contributed by atoms with van der Waals surface area (Å²) in [6, 6.07) is -0.252. The highest BCUT2D eigenvalue weighted by molar-refractivity contribution is 5.76. The third-order valence-corrected chi connectivity index (χ3v) is 4.54. The average Bonchev–Trinajstić information content (AvgIpc) is 3.29. The van der Waals surface area contributed by atoms with Crippen molar-refractivity contribution in [2.75, 3.05) is 39.4 Å². The van der Waals surface area contributed by atoms with Crippen LogP contribution in [0.3, 0.4) is 0 Å². The van der Waals surface area contributed by atoms with Gasteiger partial charge in [0, 0.05) is 39.0 Å². The monoisotopic (exact) mass is 351 g/mol. The van der Waals surface area contributed by atoms with Crippen molar-refractivity contribution < 1.29 is 18.8 Å². The maximum atomic E-state index is 12.2. The molecule has 3 amide bonds. The van der Waals surface area contributed by atoms with E-state index >= 15 is 0 Å². The van der Waals surface area contributed by atoms with Gasteiger partial charge in [-0.25, -0.2) is 4.79 Å². The predicted molar refractivity (Wildman–Crippen MR) is 87.8 cm³/mol.